The van der Waals surface area contributed by atoms with Crippen molar-refractivity contribution in [1.82, 2.24) is 15.3 Å². The predicted molar refractivity (Wildman–Crippen MR) is 71.5 cm³/mol. The molecule has 1 atom stereocenters. The van der Waals surface area contributed by atoms with Gasteiger partial charge in [0.15, 0.2) is 0 Å². The first-order chi connectivity index (χ1) is 9.15. The van der Waals surface area contributed by atoms with E-state index in [9.17, 15) is 4.79 Å². The summed E-state index contributed by atoms with van der Waals surface area (Å²) in [7, 11) is 0. The maximum atomic E-state index is 12.2. The van der Waals surface area contributed by atoms with E-state index < -0.39 is 0 Å². The van der Waals surface area contributed by atoms with Crippen LogP contribution in [0.15, 0.2) is 30.3 Å². The molecule has 5 nitrogen and oxygen atoms in total. The lowest BCUT2D eigenvalue weighted by molar-refractivity contribution is 0.0922. The van der Waals surface area contributed by atoms with Gasteiger partial charge in [0.05, 0.1) is 23.0 Å². The monoisotopic (exact) mass is 254 g/mol. The molecule has 1 aromatic carbocycles. The average molecular weight is 254 g/mol. The highest BCUT2D eigenvalue weighted by Crippen LogP contribution is 2.26. The molecule has 19 heavy (non-hydrogen) atoms. The van der Waals surface area contributed by atoms with Gasteiger partial charge in [0, 0.05) is 6.42 Å². The number of nitrogens with zero attached hydrogens (tertiary/aromatic N) is 2. The summed E-state index contributed by atoms with van der Waals surface area (Å²) in [6.45, 7) is 1.78. The largest absolute Gasteiger partial charge is 0.368 e. The van der Waals surface area contributed by atoms with E-state index in [1.807, 2.05) is 30.3 Å². The van der Waals surface area contributed by atoms with Crippen LogP contribution in [0.1, 0.15) is 33.4 Å². The lowest BCUT2D eigenvalue weighted by Gasteiger charge is -2.26. The Morgan fingerprint density at radius 1 is 1.26 bits per heavy atom. The first kappa shape index (κ1) is 11.6. The number of carbonyl (C=O) groups excluding carboxylic acids is 1. The quantitative estimate of drug-likeness (QED) is 0.806. The fourth-order valence-corrected chi connectivity index (χ4v) is 2.46. The van der Waals surface area contributed by atoms with E-state index in [-0.39, 0.29) is 17.9 Å². The lowest BCUT2D eigenvalue weighted by atomic mass is 9.94. The third-order valence-electron chi connectivity index (χ3n) is 3.31. The molecule has 1 aliphatic heterocycles. The highest BCUT2D eigenvalue weighted by molar-refractivity contribution is 5.97. The third kappa shape index (κ3) is 2.03. The topological polar surface area (TPSA) is 80.9 Å². The number of anilines is 1. The number of rotatable bonds is 1. The van der Waals surface area contributed by atoms with E-state index in [0.29, 0.717) is 17.7 Å². The number of carbonyl (C=O) groups is 1. The van der Waals surface area contributed by atoms with E-state index in [1.54, 1.807) is 6.92 Å². The first-order valence-electron chi connectivity index (χ1n) is 6.14. The Hall–Kier alpha value is -2.43. The summed E-state index contributed by atoms with van der Waals surface area (Å²) >= 11 is 0. The number of hydrogen-bond acceptors (Lipinski definition) is 4. The average Bonchev–Trinajstić information content (AvgIpc) is 2.38. The van der Waals surface area contributed by atoms with Gasteiger partial charge in [0.2, 0.25) is 5.95 Å². The molecule has 3 rings (SSSR count). The second kappa shape index (κ2) is 4.35. The van der Waals surface area contributed by atoms with Crippen LogP contribution in [0, 0.1) is 6.92 Å². The van der Waals surface area contributed by atoms with Crippen molar-refractivity contribution < 1.29 is 4.79 Å². The molecule has 0 saturated heterocycles. The zero-order valence-electron chi connectivity index (χ0n) is 10.6. The van der Waals surface area contributed by atoms with Gasteiger partial charge in [0.25, 0.3) is 5.91 Å². The fraction of sp³-hybridized carbons (Fsp3) is 0.214. The van der Waals surface area contributed by atoms with Crippen LogP contribution in [0.5, 0.6) is 0 Å². The molecule has 2 heterocycles. The van der Waals surface area contributed by atoms with Crippen molar-refractivity contribution in [3.05, 3.63) is 52.8 Å². The molecule has 0 spiro atoms. The molecule has 1 aliphatic rings. The Labute approximate surface area is 110 Å². The summed E-state index contributed by atoms with van der Waals surface area (Å²) in [4.78, 5) is 20.4. The predicted octanol–water partition coefficient (Wildman–Crippen LogP) is 1.39. The molecule has 1 amide bonds. The molecular formula is C14H14N4O. The lowest BCUT2D eigenvalue weighted by Crippen LogP contribution is -2.37. The van der Waals surface area contributed by atoms with Crippen molar-refractivity contribution in [2.24, 2.45) is 0 Å². The van der Waals surface area contributed by atoms with Crippen LogP contribution in [0.25, 0.3) is 0 Å². The van der Waals surface area contributed by atoms with Crippen molar-refractivity contribution in [3.63, 3.8) is 0 Å². The Morgan fingerprint density at radius 2 is 2.00 bits per heavy atom. The van der Waals surface area contributed by atoms with Gasteiger partial charge in [-0.3, -0.25) is 4.79 Å². The highest BCUT2D eigenvalue weighted by Gasteiger charge is 2.28. The fourth-order valence-electron chi connectivity index (χ4n) is 2.46. The molecule has 0 bridgehead atoms. The molecule has 1 aromatic heterocycles. The molecule has 0 saturated carbocycles. The molecule has 96 valence electrons. The summed E-state index contributed by atoms with van der Waals surface area (Å²) < 4.78 is 0. The van der Waals surface area contributed by atoms with Gasteiger partial charge in [0.1, 0.15) is 0 Å². The molecule has 2 aromatic rings. The molecule has 0 radical (unpaired) electrons. The summed E-state index contributed by atoms with van der Waals surface area (Å²) in [5.41, 5.74) is 8.64. The van der Waals surface area contributed by atoms with Gasteiger partial charge in [-0.15, -0.1) is 0 Å². The Morgan fingerprint density at radius 3 is 2.74 bits per heavy atom. The van der Waals surface area contributed by atoms with Gasteiger partial charge >= 0.3 is 0 Å². The number of hydrogen-bond donors (Lipinski definition) is 2. The number of amides is 1. The van der Waals surface area contributed by atoms with E-state index in [4.69, 9.17) is 5.73 Å². The standard InChI is InChI=1S/C14H14N4O/c1-8-12-11(18-14(15)16-8)7-10(17-13(12)19)9-5-3-2-4-6-9/h2-6,10H,7H2,1H3,(H,17,19)(H2,15,16,18)/t10-/m1/s1. The van der Waals surface area contributed by atoms with Crippen LogP contribution in [0.3, 0.4) is 0 Å². The van der Waals surface area contributed by atoms with Crippen LogP contribution >= 0.6 is 0 Å². The number of nitrogen functional groups attached to an aromatic ring is 1. The van der Waals surface area contributed by atoms with Crippen molar-refractivity contribution in [3.8, 4) is 0 Å². The van der Waals surface area contributed by atoms with Gasteiger partial charge < -0.3 is 11.1 Å². The Kier molecular flexibility index (Phi) is 2.67. The van der Waals surface area contributed by atoms with Gasteiger partial charge in [-0.25, -0.2) is 9.97 Å². The Bertz CT molecular complexity index is 639. The van der Waals surface area contributed by atoms with Crippen molar-refractivity contribution in [2.45, 2.75) is 19.4 Å². The number of nitrogens with one attached hydrogen (secondary N) is 1. The normalized spacial score (nSPS) is 17.7. The smallest absolute Gasteiger partial charge is 0.255 e. The van der Waals surface area contributed by atoms with Crippen molar-refractivity contribution in [2.75, 3.05) is 5.73 Å². The molecule has 0 fully saturated rings. The van der Waals surface area contributed by atoms with Crippen molar-refractivity contribution >= 4 is 11.9 Å². The van der Waals surface area contributed by atoms with Crippen LogP contribution in [-0.2, 0) is 6.42 Å². The number of nitrogens with two attached hydrogens (primary N) is 1. The number of benzene rings is 1. The van der Waals surface area contributed by atoms with Crippen LogP contribution in [-0.4, -0.2) is 15.9 Å². The third-order valence-corrected chi connectivity index (χ3v) is 3.31. The number of fused-ring (bicyclic) bond motifs is 1. The molecular weight excluding hydrogens is 240 g/mol. The second-order valence-electron chi connectivity index (χ2n) is 4.63. The van der Waals surface area contributed by atoms with Gasteiger partial charge in [-0.2, -0.15) is 0 Å². The maximum absolute atomic E-state index is 12.2. The summed E-state index contributed by atoms with van der Waals surface area (Å²) in [6, 6.07) is 9.79. The van der Waals surface area contributed by atoms with E-state index in [2.05, 4.69) is 15.3 Å². The van der Waals surface area contributed by atoms with E-state index >= 15 is 0 Å². The molecule has 0 unspecified atom stereocenters. The molecule has 3 N–H and O–H groups in total. The van der Waals surface area contributed by atoms with Crippen LogP contribution in [0.2, 0.25) is 0 Å². The Balaban J connectivity index is 2.03. The summed E-state index contributed by atoms with van der Waals surface area (Å²) in [5, 5.41) is 2.99. The van der Waals surface area contributed by atoms with Crippen LogP contribution in [0.4, 0.5) is 5.95 Å². The zero-order valence-corrected chi connectivity index (χ0v) is 10.6. The SMILES string of the molecule is Cc1nc(N)nc2c1C(=O)N[C@@H](c1ccccc1)C2. The van der Waals surface area contributed by atoms with Crippen molar-refractivity contribution in [1.29, 1.82) is 0 Å². The first-order valence-corrected chi connectivity index (χ1v) is 6.14. The van der Waals surface area contributed by atoms with Gasteiger partial charge in [-0.05, 0) is 12.5 Å². The molecule has 0 aliphatic carbocycles. The zero-order chi connectivity index (χ0) is 13.4. The summed E-state index contributed by atoms with van der Waals surface area (Å²) in [5.74, 6) is 0.0883. The van der Waals surface area contributed by atoms with E-state index in [1.165, 1.54) is 0 Å². The minimum Gasteiger partial charge on any atom is -0.368 e. The maximum Gasteiger partial charge on any atom is 0.255 e. The number of aryl methyl sites for hydroxylation is 1. The van der Waals surface area contributed by atoms with E-state index in [0.717, 1.165) is 11.3 Å². The number of aromatic nitrogens is 2. The minimum absolute atomic E-state index is 0.0603. The second-order valence-corrected chi connectivity index (χ2v) is 4.63. The highest BCUT2D eigenvalue weighted by atomic mass is 16.1. The van der Waals surface area contributed by atoms with Crippen LogP contribution < -0.4 is 11.1 Å². The minimum atomic E-state index is -0.132. The van der Waals surface area contributed by atoms with Gasteiger partial charge in [-0.1, -0.05) is 30.3 Å². The molecule has 5 heteroatoms. The summed E-state index contributed by atoms with van der Waals surface area (Å²) in [6.07, 6.45) is 0.638.